The number of phenols is 2. The monoisotopic (exact) mass is 919 g/mol. The molecular weight excluding hydrogens is 853 g/mol. The third kappa shape index (κ3) is 9.16. The maximum Gasteiger partial charge on any atom is 0.128 e. The van der Waals surface area contributed by atoms with E-state index >= 15 is 0 Å². The standard InChI is InChI=1S/C66H66N2O2/c1-63(2,3)57-43-55(65(49-27-13-7-14-28-49,50-29-15-8-16-30-50)51-31-17-9-18-32-51)41-47(61(57)69)45-67-59-39-25-26-40-60(59)68-46-48-42-56(44-58(62(48)70)64(4,5)6)66(52-33-19-10-20-34-52,53-35-21-11-22-36-53)54-37-23-12-24-38-54/h7-24,27-38,41-46,59-60,69-70H,25-26,39-40H2,1-6H3. The Morgan fingerprint density at radius 2 is 0.600 bits per heavy atom. The van der Waals surface area contributed by atoms with Crippen LogP contribution in [0.3, 0.4) is 0 Å². The van der Waals surface area contributed by atoms with Gasteiger partial charge in [0.1, 0.15) is 11.5 Å². The molecule has 4 heteroatoms. The fraction of sp³-hybridized carbons (Fsp3) is 0.242. The fourth-order valence-electron chi connectivity index (χ4n) is 11.0. The lowest BCUT2D eigenvalue weighted by atomic mass is 9.64. The van der Waals surface area contributed by atoms with Crippen LogP contribution in [0, 0.1) is 0 Å². The number of benzene rings is 8. The van der Waals surface area contributed by atoms with E-state index in [-0.39, 0.29) is 34.4 Å². The zero-order valence-corrected chi connectivity index (χ0v) is 41.6. The van der Waals surface area contributed by atoms with E-state index in [0.717, 1.165) is 81.3 Å². The van der Waals surface area contributed by atoms with Gasteiger partial charge in [0, 0.05) is 34.7 Å². The average Bonchev–Trinajstić information content (AvgIpc) is 3.38. The second kappa shape index (κ2) is 20.0. The van der Waals surface area contributed by atoms with Gasteiger partial charge in [-0.2, -0.15) is 0 Å². The zero-order chi connectivity index (χ0) is 48.9. The highest BCUT2D eigenvalue weighted by molar-refractivity contribution is 5.87. The third-order valence-electron chi connectivity index (χ3n) is 14.5. The molecule has 8 aromatic carbocycles. The lowest BCUT2D eigenvalue weighted by Crippen LogP contribution is -2.32. The molecule has 1 aliphatic rings. The van der Waals surface area contributed by atoms with Crippen molar-refractivity contribution >= 4 is 12.4 Å². The Balaban J connectivity index is 1.17. The molecule has 0 saturated heterocycles. The first-order chi connectivity index (χ1) is 33.8. The minimum atomic E-state index is -0.695. The summed E-state index contributed by atoms with van der Waals surface area (Å²) in [4.78, 5) is 10.7. The van der Waals surface area contributed by atoms with Crippen LogP contribution in [0.4, 0.5) is 0 Å². The van der Waals surface area contributed by atoms with Gasteiger partial charge < -0.3 is 10.2 Å². The quantitative estimate of drug-likeness (QED) is 0.0947. The van der Waals surface area contributed by atoms with Crippen molar-refractivity contribution in [3.8, 4) is 11.5 Å². The summed E-state index contributed by atoms with van der Waals surface area (Å²) in [5, 5.41) is 24.6. The Kier molecular flexibility index (Phi) is 13.6. The van der Waals surface area contributed by atoms with Crippen LogP contribution in [0.25, 0.3) is 0 Å². The van der Waals surface area contributed by atoms with Gasteiger partial charge in [0.25, 0.3) is 0 Å². The van der Waals surface area contributed by atoms with Gasteiger partial charge in [0.2, 0.25) is 0 Å². The summed E-state index contributed by atoms with van der Waals surface area (Å²) < 4.78 is 0. The molecule has 4 nitrogen and oxygen atoms in total. The number of hydrogen-bond donors (Lipinski definition) is 2. The molecule has 9 rings (SSSR count). The molecule has 1 fully saturated rings. The van der Waals surface area contributed by atoms with E-state index in [1.165, 1.54) is 0 Å². The van der Waals surface area contributed by atoms with Gasteiger partial charge in [-0.05, 0) is 92.4 Å². The van der Waals surface area contributed by atoms with Crippen LogP contribution in [-0.4, -0.2) is 34.7 Å². The highest BCUT2D eigenvalue weighted by Gasteiger charge is 2.42. The zero-order valence-electron chi connectivity index (χ0n) is 41.6. The molecular formula is C66H66N2O2. The van der Waals surface area contributed by atoms with E-state index in [1.54, 1.807) is 0 Å². The average molecular weight is 919 g/mol. The van der Waals surface area contributed by atoms with Crippen LogP contribution in [0.5, 0.6) is 11.5 Å². The Morgan fingerprint density at radius 1 is 0.357 bits per heavy atom. The second-order valence-corrected chi connectivity index (χ2v) is 21.1. The van der Waals surface area contributed by atoms with Crippen molar-refractivity contribution in [2.45, 2.75) is 101 Å². The number of phenolic OH excluding ortho intramolecular Hbond substituents is 2. The van der Waals surface area contributed by atoms with E-state index in [0.29, 0.717) is 11.1 Å². The number of hydrogen-bond acceptors (Lipinski definition) is 4. The molecule has 0 amide bonds. The van der Waals surface area contributed by atoms with E-state index in [2.05, 4.69) is 248 Å². The van der Waals surface area contributed by atoms with Gasteiger partial charge >= 0.3 is 0 Å². The molecule has 0 radical (unpaired) electrons. The predicted molar refractivity (Wildman–Crippen MR) is 291 cm³/mol. The molecule has 0 spiro atoms. The number of rotatable bonds is 12. The second-order valence-electron chi connectivity index (χ2n) is 21.1. The smallest absolute Gasteiger partial charge is 0.128 e. The third-order valence-corrected chi connectivity index (χ3v) is 14.5. The molecule has 1 aliphatic carbocycles. The van der Waals surface area contributed by atoms with Crippen LogP contribution in [-0.2, 0) is 21.7 Å². The van der Waals surface area contributed by atoms with Gasteiger partial charge in [-0.3, -0.25) is 9.98 Å². The van der Waals surface area contributed by atoms with Crippen molar-refractivity contribution in [3.05, 3.63) is 273 Å². The molecule has 1 saturated carbocycles. The topological polar surface area (TPSA) is 65.2 Å². The molecule has 0 aromatic heterocycles. The molecule has 2 atom stereocenters. The maximum atomic E-state index is 12.3. The van der Waals surface area contributed by atoms with Gasteiger partial charge in [0.05, 0.1) is 22.9 Å². The van der Waals surface area contributed by atoms with E-state index < -0.39 is 10.8 Å². The molecule has 70 heavy (non-hydrogen) atoms. The first-order valence-corrected chi connectivity index (χ1v) is 25.0. The van der Waals surface area contributed by atoms with Crippen LogP contribution < -0.4 is 0 Å². The summed E-state index contributed by atoms with van der Waals surface area (Å²) in [5.41, 5.74) is 9.88. The normalized spacial score (nSPS) is 15.9. The molecule has 8 aromatic rings. The molecule has 352 valence electrons. The van der Waals surface area contributed by atoms with Gasteiger partial charge in [0.15, 0.2) is 0 Å². The molecule has 0 bridgehead atoms. The Morgan fingerprint density at radius 3 is 0.829 bits per heavy atom. The SMILES string of the molecule is CC(C)(C)c1cc(C(c2ccccc2)(c2ccccc2)c2ccccc2)cc(C=NC2CCCCC2N=Cc2cc(C(c3ccccc3)(c3ccccc3)c3ccccc3)cc(C(C)(C)C)c2O)c1O. The van der Waals surface area contributed by atoms with Crippen LogP contribution in [0.15, 0.2) is 216 Å². The first kappa shape index (κ1) is 47.8. The predicted octanol–water partition coefficient (Wildman–Crippen LogP) is 15.3. The number of aromatic hydroxyl groups is 2. The fourth-order valence-corrected chi connectivity index (χ4v) is 11.0. The van der Waals surface area contributed by atoms with E-state index in [1.807, 2.05) is 12.4 Å². The number of nitrogens with zero attached hydrogens (tertiary/aromatic N) is 2. The number of aliphatic imine (C=N–C) groups is 2. The van der Waals surface area contributed by atoms with Gasteiger partial charge in [-0.25, -0.2) is 0 Å². The van der Waals surface area contributed by atoms with E-state index in [4.69, 9.17) is 9.98 Å². The van der Waals surface area contributed by atoms with Crippen molar-refractivity contribution in [2.75, 3.05) is 0 Å². The van der Waals surface area contributed by atoms with Gasteiger partial charge in [-0.1, -0.05) is 236 Å². The summed E-state index contributed by atoms with van der Waals surface area (Å²) in [6.07, 6.45) is 7.62. The van der Waals surface area contributed by atoms with Crippen molar-refractivity contribution in [1.82, 2.24) is 0 Å². The van der Waals surface area contributed by atoms with Crippen LogP contribution in [0.1, 0.15) is 134 Å². The largest absolute Gasteiger partial charge is 0.507 e. The highest BCUT2D eigenvalue weighted by Crippen LogP contribution is 2.50. The minimum absolute atomic E-state index is 0.127. The van der Waals surface area contributed by atoms with Crippen LogP contribution in [0.2, 0.25) is 0 Å². The van der Waals surface area contributed by atoms with Crippen molar-refractivity contribution in [1.29, 1.82) is 0 Å². The van der Waals surface area contributed by atoms with Crippen molar-refractivity contribution in [2.24, 2.45) is 9.98 Å². The molecule has 2 unspecified atom stereocenters. The molecule has 0 heterocycles. The first-order valence-electron chi connectivity index (χ1n) is 25.0. The highest BCUT2D eigenvalue weighted by atomic mass is 16.3. The molecule has 0 aliphatic heterocycles. The Labute approximate surface area is 416 Å². The Bertz CT molecular complexity index is 2660. The minimum Gasteiger partial charge on any atom is -0.507 e. The van der Waals surface area contributed by atoms with Gasteiger partial charge in [-0.15, -0.1) is 0 Å². The lowest BCUT2D eigenvalue weighted by Gasteiger charge is -2.38. The lowest BCUT2D eigenvalue weighted by molar-refractivity contribution is 0.390. The Hall–Kier alpha value is -7.30. The van der Waals surface area contributed by atoms with Crippen LogP contribution >= 0.6 is 0 Å². The van der Waals surface area contributed by atoms with Crippen molar-refractivity contribution < 1.29 is 10.2 Å². The maximum absolute atomic E-state index is 12.3. The summed E-state index contributed by atoms with van der Waals surface area (Å²) in [6, 6.07) is 72.8. The van der Waals surface area contributed by atoms with Crippen molar-refractivity contribution in [3.63, 3.8) is 0 Å². The summed E-state index contributed by atoms with van der Waals surface area (Å²) >= 11 is 0. The molecule has 2 N–H and O–H groups in total. The summed E-state index contributed by atoms with van der Waals surface area (Å²) in [6.45, 7) is 13.0. The summed E-state index contributed by atoms with van der Waals surface area (Å²) in [7, 11) is 0. The summed E-state index contributed by atoms with van der Waals surface area (Å²) in [5.74, 6) is 0.489. The van der Waals surface area contributed by atoms with E-state index in [9.17, 15) is 10.2 Å².